The number of para-hydroxylation sites is 2. The molecule has 1 aromatic carbocycles. The Balaban J connectivity index is 1.31. The molecule has 26 heavy (non-hydrogen) atoms. The number of carbonyl (C=O) groups excluding carboxylic acids is 3. The molecule has 4 rings (SSSR count). The minimum atomic E-state index is -0.407. The number of benzene rings is 1. The largest absolute Gasteiger partial charge is 0.495 e. The van der Waals surface area contributed by atoms with E-state index < -0.39 is 6.03 Å². The van der Waals surface area contributed by atoms with Gasteiger partial charge in [0, 0.05) is 13.1 Å². The van der Waals surface area contributed by atoms with Crippen LogP contribution in [0.1, 0.15) is 6.42 Å². The molecule has 0 spiro atoms. The SMILES string of the molecule is COc1ccccc1NC(=O)NCCN1C(=O)[C@@H]2[C@@H](C1=O)[C@H]1C=C[C@H]2C1. The highest BCUT2D eigenvalue weighted by Gasteiger charge is 2.58. The van der Waals surface area contributed by atoms with Crippen molar-refractivity contribution in [1.29, 1.82) is 0 Å². The van der Waals surface area contributed by atoms with Crippen molar-refractivity contribution in [3.05, 3.63) is 36.4 Å². The number of hydrogen-bond donors (Lipinski definition) is 2. The summed E-state index contributed by atoms with van der Waals surface area (Å²) < 4.78 is 5.18. The van der Waals surface area contributed by atoms with Gasteiger partial charge in [-0.05, 0) is 30.4 Å². The van der Waals surface area contributed by atoms with Crippen molar-refractivity contribution in [1.82, 2.24) is 10.2 Å². The third-order valence-electron chi connectivity index (χ3n) is 5.54. The molecule has 7 heteroatoms. The summed E-state index contributed by atoms with van der Waals surface area (Å²) in [6, 6.07) is 6.68. The number of nitrogens with zero attached hydrogens (tertiary/aromatic N) is 1. The molecular formula is C19H21N3O4. The van der Waals surface area contributed by atoms with Crippen LogP contribution in [0, 0.1) is 23.7 Å². The highest BCUT2D eigenvalue weighted by Crippen LogP contribution is 2.52. The van der Waals surface area contributed by atoms with E-state index in [4.69, 9.17) is 4.74 Å². The van der Waals surface area contributed by atoms with E-state index in [0.29, 0.717) is 11.4 Å². The van der Waals surface area contributed by atoms with Gasteiger partial charge in [-0.2, -0.15) is 0 Å². The molecule has 2 fully saturated rings. The Morgan fingerprint density at radius 1 is 1.15 bits per heavy atom. The first-order chi connectivity index (χ1) is 12.6. The van der Waals surface area contributed by atoms with Crippen molar-refractivity contribution in [2.45, 2.75) is 6.42 Å². The summed E-state index contributed by atoms with van der Waals surface area (Å²) in [5.74, 6) is 0.386. The Morgan fingerprint density at radius 2 is 1.81 bits per heavy atom. The summed E-state index contributed by atoms with van der Waals surface area (Å²) in [6.07, 6.45) is 5.05. The first-order valence-corrected chi connectivity index (χ1v) is 8.81. The first kappa shape index (κ1) is 16.6. The minimum absolute atomic E-state index is 0.0937. The zero-order valence-electron chi connectivity index (χ0n) is 14.5. The first-order valence-electron chi connectivity index (χ1n) is 8.81. The molecule has 1 aliphatic heterocycles. The number of hydrogen-bond acceptors (Lipinski definition) is 4. The maximum Gasteiger partial charge on any atom is 0.319 e. The second kappa shape index (κ2) is 6.48. The lowest BCUT2D eigenvalue weighted by Gasteiger charge is -2.17. The summed E-state index contributed by atoms with van der Waals surface area (Å²) in [7, 11) is 1.53. The fourth-order valence-corrected chi connectivity index (χ4v) is 4.38. The molecule has 0 unspecified atom stereocenters. The maximum atomic E-state index is 12.6. The number of rotatable bonds is 5. The van der Waals surface area contributed by atoms with Crippen LogP contribution >= 0.6 is 0 Å². The van der Waals surface area contributed by atoms with Crippen LogP contribution < -0.4 is 15.4 Å². The van der Waals surface area contributed by atoms with Crippen molar-refractivity contribution in [2.75, 3.05) is 25.5 Å². The third-order valence-corrected chi connectivity index (χ3v) is 5.54. The number of ether oxygens (including phenoxy) is 1. The van der Waals surface area contributed by atoms with Crippen LogP contribution in [0.5, 0.6) is 5.75 Å². The van der Waals surface area contributed by atoms with Crippen molar-refractivity contribution >= 4 is 23.5 Å². The van der Waals surface area contributed by atoms with Gasteiger partial charge in [-0.3, -0.25) is 14.5 Å². The predicted molar refractivity (Wildman–Crippen MR) is 94.5 cm³/mol. The van der Waals surface area contributed by atoms with Crippen molar-refractivity contribution in [2.24, 2.45) is 23.7 Å². The lowest BCUT2D eigenvalue weighted by atomic mass is 9.85. The number of anilines is 1. The number of methoxy groups -OCH3 is 1. The number of nitrogens with one attached hydrogen (secondary N) is 2. The summed E-state index contributed by atoms with van der Waals surface area (Å²) in [4.78, 5) is 38.5. The number of carbonyl (C=O) groups is 3. The highest BCUT2D eigenvalue weighted by molar-refractivity contribution is 6.06. The molecule has 1 saturated carbocycles. The van der Waals surface area contributed by atoms with Gasteiger partial charge >= 0.3 is 6.03 Å². The number of allylic oxidation sites excluding steroid dienone is 2. The Bertz CT molecular complexity index is 761. The Hall–Kier alpha value is -2.83. The summed E-state index contributed by atoms with van der Waals surface area (Å²) in [5, 5.41) is 5.39. The Kier molecular flexibility index (Phi) is 4.14. The summed E-state index contributed by atoms with van der Waals surface area (Å²) in [5.41, 5.74) is 0.554. The van der Waals surface area contributed by atoms with Gasteiger partial charge in [-0.15, -0.1) is 0 Å². The molecule has 2 aliphatic carbocycles. The molecule has 2 bridgehead atoms. The molecule has 4 amide bonds. The fraction of sp³-hybridized carbons (Fsp3) is 0.421. The second-order valence-electron chi connectivity index (χ2n) is 6.91. The van der Waals surface area contributed by atoms with Crippen molar-refractivity contribution < 1.29 is 19.1 Å². The van der Waals surface area contributed by atoms with E-state index in [1.807, 2.05) is 6.07 Å². The predicted octanol–water partition coefficient (Wildman–Crippen LogP) is 1.62. The van der Waals surface area contributed by atoms with Gasteiger partial charge in [-0.25, -0.2) is 4.79 Å². The van der Waals surface area contributed by atoms with E-state index in [0.717, 1.165) is 6.42 Å². The average molecular weight is 355 g/mol. The van der Waals surface area contributed by atoms with E-state index in [-0.39, 0.29) is 48.6 Å². The van der Waals surface area contributed by atoms with Crippen LogP contribution in [0.4, 0.5) is 10.5 Å². The summed E-state index contributed by atoms with van der Waals surface area (Å²) >= 11 is 0. The molecule has 7 nitrogen and oxygen atoms in total. The molecule has 0 aromatic heterocycles. The third kappa shape index (κ3) is 2.64. The van der Waals surface area contributed by atoms with E-state index in [1.165, 1.54) is 12.0 Å². The van der Waals surface area contributed by atoms with Crippen LogP contribution in [-0.4, -0.2) is 42.9 Å². The fourth-order valence-electron chi connectivity index (χ4n) is 4.38. The van der Waals surface area contributed by atoms with Crippen molar-refractivity contribution in [3.8, 4) is 5.75 Å². The Labute approximate surface area is 151 Å². The van der Waals surface area contributed by atoms with Crippen LogP contribution in [0.2, 0.25) is 0 Å². The highest BCUT2D eigenvalue weighted by atomic mass is 16.5. The number of amides is 4. The molecule has 4 atom stereocenters. The molecule has 0 radical (unpaired) electrons. The quantitative estimate of drug-likeness (QED) is 0.621. The van der Waals surface area contributed by atoms with E-state index in [1.54, 1.807) is 18.2 Å². The average Bonchev–Trinajstić information content (AvgIpc) is 3.31. The number of likely N-dealkylation sites (tertiary alicyclic amines) is 1. The zero-order valence-corrected chi connectivity index (χ0v) is 14.5. The molecule has 1 saturated heterocycles. The number of urea groups is 1. The zero-order chi connectivity index (χ0) is 18.3. The van der Waals surface area contributed by atoms with Gasteiger partial charge < -0.3 is 15.4 Å². The molecular weight excluding hydrogens is 334 g/mol. The topological polar surface area (TPSA) is 87.7 Å². The summed E-state index contributed by atoms with van der Waals surface area (Å²) in [6.45, 7) is 0.407. The van der Waals surface area contributed by atoms with E-state index in [9.17, 15) is 14.4 Å². The lowest BCUT2D eigenvalue weighted by Crippen LogP contribution is -2.40. The van der Waals surface area contributed by atoms with Gasteiger partial charge in [-0.1, -0.05) is 24.3 Å². The van der Waals surface area contributed by atoms with Gasteiger partial charge in [0.2, 0.25) is 11.8 Å². The van der Waals surface area contributed by atoms with Crippen LogP contribution in [0.15, 0.2) is 36.4 Å². The molecule has 136 valence electrons. The monoisotopic (exact) mass is 355 g/mol. The number of fused-ring (bicyclic) bond motifs is 5. The van der Waals surface area contributed by atoms with Crippen molar-refractivity contribution in [3.63, 3.8) is 0 Å². The molecule has 3 aliphatic rings. The van der Waals surface area contributed by atoms with E-state index in [2.05, 4.69) is 22.8 Å². The lowest BCUT2D eigenvalue weighted by molar-refractivity contribution is -0.140. The maximum absolute atomic E-state index is 12.6. The minimum Gasteiger partial charge on any atom is -0.495 e. The van der Waals surface area contributed by atoms with Gasteiger partial charge in [0.15, 0.2) is 0 Å². The van der Waals surface area contributed by atoms with Crippen LogP contribution in [0.3, 0.4) is 0 Å². The van der Waals surface area contributed by atoms with Crippen LogP contribution in [-0.2, 0) is 9.59 Å². The normalized spacial score (nSPS) is 28.4. The Morgan fingerprint density at radius 3 is 2.46 bits per heavy atom. The van der Waals surface area contributed by atoms with Gasteiger partial charge in [0.1, 0.15) is 5.75 Å². The molecule has 2 N–H and O–H groups in total. The van der Waals surface area contributed by atoms with Gasteiger partial charge in [0.05, 0.1) is 24.6 Å². The standard InChI is InChI=1S/C19H21N3O4/c1-26-14-5-3-2-4-13(14)21-19(25)20-8-9-22-17(23)15-11-6-7-12(10-11)16(15)18(22)24/h2-7,11-12,15-16H,8-10H2,1H3,(H2,20,21,25)/t11-,12-,15-,16-/m0/s1. The van der Waals surface area contributed by atoms with E-state index >= 15 is 0 Å². The smallest absolute Gasteiger partial charge is 0.319 e. The second-order valence-corrected chi connectivity index (χ2v) is 6.91. The number of imide groups is 1. The molecule has 1 aromatic rings. The molecule has 1 heterocycles. The van der Waals surface area contributed by atoms with Gasteiger partial charge in [0.25, 0.3) is 0 Å². The van der Waals surface area contributed by atoms with Crippen LogP contribution in [0.25, 0.3) is 0 Å².